The van der Waals surface area contributed by atoms with Gasteiger partial charge in [0.1, 0.15) is 5.71 Å². The molecule has 0 heterocycles. The molecule has 0 aliphatic carbocycles. The number of hydrogen-bond donors (Lipinski definition) is 3. The Balaban J connectivity index is 4.59. The third-order valence-corrected chi connectivity index (χ3v) is 3.90. The molecular weight excluding hydrogens is 312 g/mol. The molecule has 0 spiro atoms. The smallest absolute Gasteiger partial charge is 0.269 e. The second-order valence-electron chi connectivity index (χ2n) is 5.85. The number of rotatable bonds is 12. The van der Waals surface area contributed by atoms with Crippen LogP contribution in [0.2, 0.25) is 0 Å². The van der Waals surface area contributed by atoms with E-state index in [1.807, 2.05) is 32.1 Å². The molecule has 0 aliphatic rings. The highest BCUT2D eigenvalue weighted by Gasteiger charge is 2.13. The summed E-state index contributed by atoms with van der Waals surface area (Å²) in [4.78, 5) is 11.9. The fraction of sp³-hybridized carbons (Fsp3) is 0.429. The van der Waals surface area contributed by atoms with Gasteiger partial charge in [-0.1, -0.05) is 55.5 Å². The van der Waals surface area contributed by atoms with E-state index >= 15 is 0 Å². The Labute approximate surface area is 152 Å². The van der Waals surface area contributed by atoms with Crippen molar-refractivity contribution < 1.29 is 9.90 Å². The van der Waals surface area contributed by atoms with Gasteiger partial charge in [0.2, 0.25) is 0 Å². The highest BCUT2D eigenvalue weighted by Crippen LogP contribution is 2.18. The van der Waals surface area contributed by atoms with Gasteiger partial charge in [0.05, 0.1) is 0 Å². The molecule has 138 valence electrons. The summed E-state index contributed by atoms with van der Waals surface area (Å²) < 4.78 is 0. The van der Waals surface area contributed by atoms with E-state index in [9.17, 15) is 4.79 Å². The minimum absolute atomic E-state index is 0.0194. The summed E-state index contributed by atoms with van der Waals surface area (Å²) in [6.45, 7) is 14.3. The molecule has 0 saturated heterocycles. The lowest BCUT2D eigenvalue weighted by Crippen LogP contribution is -2.32. The molecule has 3 N–H and O–H groups in total. The van der Waals surface area contributed by atoms with Gasteiger partial charge < -0.3 is 10.4 Å². The van der Waals surface area contributed by atoms with E-state index in [1.165, 1.54) is 0 Å². The summed E-state index contributed by atoms with van der Waals surface area (Å²) in [7, 11) is 0. The maximum absolute atomic E-state index is 11.9. The first kappa shape index (κ1) is 22.8. The van der Waals surface area contributed by atoms with Crippen LogP contribution in [0.15, 0.2) is 59.8 Å². The lowest BCUT2D eigenvalue weighted by atomic mass is 9.97. The zero-order valence-corrected chi connectivity index (χ0v) is 15.8. The number of carbonyl (C=O) groups is 1. The molecule has 0 atom stereocenters. The van der Waals surface area contributed by atoms with Gasteiger partial charge in [-0.3, -0.25) is 10.2 Å². The fourth-order valence-electron chi connectivity index (χ4n) is 1.98. The minimum Gasteiger partial charge on any atom is -0.396 e. The van der Waals surface area contributed by atoms with Crippen molar-refractivity contribution in [2.75, 3.05) is 13.2 Å². The first-order valence-corrected chi connectivity index (χ1v) is 8.71. The van der Waals surface area contributed by atoms with Crippen molar-refractivity contribution >= 4 is 11.6 Å². The van der Waals surface area contributed by atoms with Gasteiger partial charge in [-0.15, -0.1) is 0 Å². The number of carbonyl (C=O) groups excluding carboxylic acids is 1. The largest absolute Gasteiger partial charge is 0.396 e. The first-order valence-electron chi connectivity index (χ1n) is 8.71. The summed E-state index contributed by atoms with van der Waals surface area (Å²) in [5, 5.41) is 19.4. The van der Waals surface area contributed by atoms with E-state index in [-0.39, 0.29) is 12.3 Å². The van der Waals surface area contributed by atoms with Gasteiger partial charge in [-0.25, -0.2) is 0 Å². The maximum Gasteiger partial charge on any atom is 0.269 e. The minimum atomic E-state index is -0.402. The summed E-state index contributed by atoms with van der Waals surface area (Å²) in [5.41, 5.74) is 3.82. The molecule has 0 aromatic carbocycles. The monoisotopic (exact) mass is 344 g/mol. The number of nitrogens with one attached hydrogen (secondary N) is 2. The van der Waals surface area contributed by atoms with E-state index in [0.29, 0.717) is 31.4 Å². The van der Waals surface area contributed by atoms with Crippen LogP contribution in [-0.4, -0.2) is 29.9 Å². The van der Waals surface area contributed by atoms with E-state index < -0.39 is 5.91 Å². The van der Waals surface area contributed by atoms with Gasteiger partial charge in [-0.05, 0) is 50.7 Å². The lowest BCUT2D eigenvalue weighted by Gasteiger charge is -2.11. The fourth-order valence-corrected chi connectivity index (χ4v) is 1.98. The molecule has 0 radical (unpaired) electrons. The molecular formula is C21H32N2O2. The van der Waals surface area contributed by atoms with Crippen molar-refractivity contribution in [1.29, 1.82) is 5.41 Å². The van der Waals surface area contributed by atoms with Gasteiger partial charge in [0, 0.05) is 13.2 Å². The summed E-state index contributed by atoms with van der Waals surface area (Å²) in [6.07, 6.45) is 10.5. The second-order valence-corrected chi connectivity index (χ2v) is 5.85. The Hall–Kier alpha value is -2.20. The van der Waals surface area contributed by atoms with Crippen molar-refractivity contribution in [2.24, 2.45) is 0 Å². The molecule has 4 nitrogen and oxygen atoms in total. The Morgan fingerprint density at radius 2 is 1.96 bits per heavy atom. The average molecular weight is 344 g/mol. The molecule has 0 aliphatic heterocycles. The molecule has 0 unspecified atom stereocenters. The number of allylic oxidation sites excluding steroid dienone is 7. The van der Waals surface area contributed by atoms with Crippen molar-refractivity contribution in [3.8, 4) is 0 Å². The van der Waals surface area contributed by atoms with E-state index in [2.05, 4.69) is 25.4 Å². The molecule has 0 aromatic heterocycles. The standard InChI is InChI=1S/C21H32N2O2/c1-6-16(3)10-8-11-17(4)18(5)12-13-19(7-2)20(22)21(25)23-14-9-15-24/h7-8,10-11,22,24H,3,5-6,9,12-15H2,1-2,4H3,(H,23,25)/b10-8-,17-11+,19-7-,22-20?. The number of aliphatic hydroxyl groups excluding tert-OH is 1. The van der Waals surface area contributed by atoms with Crippen LogP contribution in [-0.2, 0) is 4.79 Å². The highest BCUT2D eigenvalue weighted by molar-refractivity contribution is 6.44. The van der Waals surface area contributed by atoms with E-state index in [1.54, 1.807) is 6.08 Å². The molecule has 4 heteroatoms. The Bertz CT molecular complexity index is 581. The third-order valence-electron chi connectivity index (χ3n) is 3.90. The number of amides is 1. The van der Waals surface area contributed by atoms with Crippen LogP contribution in [0.3, 0.4) is 0 Å². The van der Waals surface area contributed by atoms with Crippen LogP contribution < -0.4 is 5.32 Å². The van der Waals surface area contributed by atoms with E-state index in [4.69, 9.17) is 10.5 Å². The van der Waals surface area contributed by atoms with Crippen LogP contribution in [0.1, 0.15) is 46.5 Å². The quantitative estimate of drug-likeness (QED) is 0.281. The molecule has 0 rings (SSSR count). The first-order chi connectivity index (χ1) is 11.9. The van der Waals surface area contributed by atoms with Crippen molar-refractivity contribution in [2.45, 2.75) is 46.5 Å². The summed E-state index contributed by atoms with van der Waals surface area (Å²) in [6, 6.07) is 0. The van der Waals surface area contributed by atoms with Crippen LogP contribution >= 0.6 is 0 Å². The van der Waals surface area contributed by atoms with Gasteiger partial charge >= 0.3 is 0 Å². The van der Waals surface area contributed by atoms with Gasteiger partial charge in [0.15, 0.2) is 0 Å². The average Bonchev–Trinajstić information content (AvgIpc) is 2.61. The topological polar surface area (TPSA) is 73.2 Å². The SMILES string of the molecule is C=C(/C=C\C=C(/C)C(=C)CC/C(=C/C)C(=N)C(=O)NCCCO)CC. The molecule has 1 amide bonds. The highest BCUT2D eigenvalue weighted by atomic mass is 16.3. The second kappa shape index (κ2) is 13.1. The van der Waals surface area contributed by atoms with Crippen LogP contribution in [0, 0.1) is 5.41 Å². The van der Waals surface area contributed by atoms with Crippen LogP contribution in [0.5, 0.6) is 0 Å². The Kier molecular flexibility index (Phi) is 12.0. The zero-order chi connectivity index (χ0) is 19.2. The molecule has 0 bridgehead atoms. The van der Waals surface area contributed by atoms with Crippen molar-refractivity contribution in [3.63, 3.8) is 0 Å². The van der Waals surface area contributed by atoms with Gasteiger partial charge in [-0.2, -0.15) is 0 Å². The summed E-state index contributed by atoms with van der Waals surface area (Å²) >= 11 is 0. The van der Waals surface area contributed by atoms with E-state index in [0.717, 1.165) is 23.1 Å². The predicted octanol–water partition coefficient (Wildman–Crippen LogP) is 4.26. The third kappa shape index (κ3) is 9.62. The predicted molar refractivity (Wildman–Crippen MR) is 107 cm³/mol. The van der Waals surface area contributed by atoms with Crippen molar-refractivity contribution in [1.82, 2.24) is 5.32 Å². The zero-order valence-electron chi connectivity index (χ0n) is 15.8. The molecule has 0 fully saturated rings. The van der Waals surface area contributed by atoms with Crippen LogP contribution in [0.4, 0.5) is 0 Å². The van der Waals surface area contributed by atoms with Crippen LogP contribution in [0.25, 0.3) is 0 Å². The lowest BCUT2D eigenvalue weighted by molar-refractivity contribution is -0.114. The number of aliphatic hydroxyl groups is 1. The van der Waals surface area contributed by atoms with Crippen molar-refractivity contribution in [3.05, 3.63) is 59.8 Å². The Morgan fingerprint density at radius 1 is 1.28 bits per heavy atom. The normalized spacial score (nSPS) is 12.3. The maximum atomic E-state index is 11.9. The molecule has 25 heavy (non-hydrogen) atoms. The Morgan fingerprint density at radius 3 is 2.52 bits per heavy atom. The summed E-state index contributed by atoms with van der Waals surface area (Å²) in [5.74, 6) is -0.402. The molecule has 0 saturated carbocycles. The number of hydrogen-bond acceptors (Lipinski definition) is 3. The molecule has 0 aromatic rings. The van der Waals surface area contributed by atoms with Gasteiger partial charge in [0.25, 0.3) is 5.91 Å².